The van der Waals surface area contributed by atoms with E-state index in [-0.39, 0.29) is 0 Å². The quantitative estimate of drug-likeness (QED) is 0.434. The molecule has 0 N–H and O–H groups in total. The Morgan fingerprint density at radius 3 is 1.24 bits per heavy atom. The largest absolute Gasteiger partial charge is 0.456 e. The molecule has 0 aliphatic heterocycles. The lowest BCUT2D eigenvalue weighted by Gasteiger charge is -1.95. The highest BCUT2D eigenvalue weighted by Gasteiger charge is 2.12. The summed E-state index contributed by atoms with van der Waals surface area (Å²) in [5.74, 6) is 2.17. The Labute approximate surface area is 155 Å². The van der Waals surface area contributed by atoms with Gasteiger partial charge in [0.25, 0.3) is 0 Å². The predicted octanol–water partition coefficient (Wildman–Crippen LogP) is 8.29. The van der Waals surface area contributed by atoms with E-state index >= 15 is 0 Å². The Balaban J connectivity index is 0. The Hall–Kier alpha value is -2.28. The molecule has 0 fully saturated rings. The van der Waals surface area contributed by atoms with Crippen molar-refractivity contribution >= 4 is 24.3 Å². The second-order valence-corrected chi connectivity index (χ2v) is 4.97. The number of furan rings is 1. The first-order chi connectivity index (χ1) is 12.1. The van der Waals surface area contributed by atoms with Crippen molar-refractivity contribution in [2.75, 3.05) is 0 Å². The number of allylic oxidation sites excluding steroid dienone is 4. The zero-order chi connectivity index (χ0) is 19.8. The molecule has 25 heavy (non-hydrogen) atoms. The third-order valence-corrected chi connectivity index (χ3v) is 3.30. The number of hydrogen-bond acceptors (Lipinski definition) is 1. The fourth-order valence-electron chi connectivity index (χ4n) is 1.80. The van der Waals surface area contributed by atoms with Crippen LogP contribution in [0.15, 0.2) is 55.0 Å². The molecule has 0 amide bonds. The molecule has 1 heterocycles. The van der Waals surface area contributed by atoms with Crippen molar-refractivity contribution < 1.29 is 4.42 Å². The highest BCUT2D eigenvalue weighted by molar-refractivity contribution is 5.76. The van der Waals surface area contributed by atoms with Gasteiger partial charge in [0.2, 0.25) is 0 Å². The van der Waals surface area contributed by atoms with E-state index in [1.165, 1.54) is 0 Å². The average Bonchev–Trinajstić information content (AvgIpc) is 3.03. The summed E-state index contributed by atoms with van der Waals surface area (Å²) >= 11 is 0. The molecular weight excluding hydrogens is 304 g/mol. The van der Waals surface area contributed by atoms with E-state index in [1.807, 2.05) is 64.2 Å². The zero-order valence-electron chi connectivity index (χ0n) is 17.0. The SMILES string of the molecule is C=Cc1c(/C=C\C(C)C=C)oc(/C=C\C(C)C=C)c1C=C.CC.CC. The van der Waals surface area contributed by atoms with Crippen LogP contribution >= 0.6 is 0 Å². The van der Waals surface area contributed by atoms with Crippen LogP contribution in [-0.2, 0) is 0 Å². The minimum absolute atomic E-state index is 0.291. The highest BCUT2D eigenvalue weighted by atomic mass is 16.3. The van der Waals surface area contributed by atoms with Crippen LogP contribution in [0.5, 0.6) is 0 Å². The van der Waals surface area contributed by atoms with Crippen molar-refractivity contribution in [2.45, 2.75) is 41.5 Å². The van der Waals surface area contributed by atoms with Gasteiger partial charge in [0.05, 0.1) is 0 Å². The summed E-state index contributed by atoms with van der Waals surface area (Å²) in [5.41, 5.74) is 1.92. The van der Waals surface area contributed by atoms with Gasteiger partial charge in [0.1, 0.15) is 11.5 Å². The molecule has 0 aromatic carbocycles. The molecule has 0 radical (unpaired) electrons. The standard InChI is InChI=1S/C20H24O.2C2H6/c1-7-15(5)11-13-19-17(9-3)18(10-4)20(21-19)14-12-16(6)8-2;2*1-2/h7-16H,1-4H2,5-6H3;2*1-2H3/b13-11-,14-12-;;. The first-order valence-electron chi connectivity index (χ1n) is 9.10. The first-order valence-corrected chi connectivity index (χ1v) is 9.10. The zero-order valence-corrected chi connectivity index (χ0v) is 17.0. The molecule has 0 bridgehead atoms. The minimum atomic E-state index is 0.291. The van der Waals surface area contributed by atoms with Crippen LogP contribution in [0.1, 0.15) is 64.2 Å². The van der Waals surface area contributed by atoms with Gasteiger partial charge in [-0.1, -0.05) is 91.2 Å². The summed E-state index contributed by atoms with van der Waals surface area (Å²) in [5, 5.41) is 0. The Bertz CT molecular complexity index is 531. The van der Waals surface area contributed by atoms with Crippen LogP contribution in [-0.4, -0.2) is 0 Å². The Kier molecular flexibility index (Phi) is 15.2. The number of hydrogen-bond donors (Lipinski definition) is 0. The van der Waals surface area contributed by atoms with Gasteiger partial charge in [-0.25, -0.2) is 0 Å². The van der Waals surface area contributed by atoms with Crippen molar-refractivity contribution in [2.24, 2.45) is 11.8 Å². The predicted molar refractivity (Wildman–Crippen MR) is 118 cm³/mol. The maximum absolute atomic E-state index is 5.93. The van der Waals surface area contributed by atoms with Crippen LogP contribution in [0, 0.1) is 11.8 Å². The topological polar surface area (TPSA) is 13.1 Å². The van der Waals surface area contributed by atoms with Gasteiger partial charge in [-0.15, -0.1) is 13.2 Å². The smallest absolute Gasteiger partial charge is 0.135 e. The van der Waals surface area contributed by atoms with Gasteiger partial charge in [-0.05, 0) is 24.0 Å². The molecule has 0 saturated heterocycles. The molecule has 1 rings (SSSR count). The summed E-state index contributed by atoms with van der Waals surface area (Å²) < 4.78 is 5.93. The number of rotatable bonds is 8. The van der Waals surface area contributed by atoms with Crippen molar-refractivity contribution in [3.05, 3.63) is 73.3 Å². The second-order valence-electron chi connectivity index (χ2n) is 4.97. The summed E-state index contributed by atoms with van der Waals surface area (Å²) in [6, 6.07) is 0. The van der Waals surface area contributed by atoms with Crippen molar-refractivity contribution in [1.29, 1.82) is 0 Å². The monoisotopic (exact) mass is 340 g/mol. The van der Waals surface area contributed by atoms with E-state index in [0.29, 0.717) is 11.8 Å². The molecule has 138 valence electrons. The van der Waals surface area contributed by atoms with Crippen LogP contribution in [0.3, 0.4) is 0 Å². The van der Waals surface area contributed by atoms with Crippen LogP contribution < -0.4 is 0 Å². The lowest BCUT2D eigenvalue weighted by molar-refractivity contribution is 0.545. The van der Waals surface area contributed by atoms with E-state index < -0.39 is 0 Å². The molecule has 0 spiro atoms. The molecule has 1 aromatic rings. The lowest BCUT2D eigenvalue weighted by atomic mass is 10.1. The molecule has 1 heteroatoms. The molecule has 0 aliphatic carbocycles. The molecular formula is C24H36O. The van der Waals surface area contributed by atoms with Crippen LogP contribution in [0.4, 0.5) is 0 Å². The maximum Gasteiger partial charge on any atom is 0.135 e. The summed E-state index contributed by atoms with van der Waals surface area (Å²) in [7, 11) is 0. The molecule has 0 aliphatic rings. The van der Waals surface area contributed by atoms with Crippen molar-refractivity contribution in [1.82, 2.24) is 0 Å². The van der Waals surface area contributed by atoms with Crippen molar-refractivity contribution in [3.63, 3.8) is 0 Å². The van der Waals surface area contributed by atoms with E-state index in [0.717, 1.165) is 22.6 Å². The van der Waals surface area contributed by atoms with Crippen molar-refractivity contribution in [3.8, 4) is 0 Å². The maximum atomic E-state index is 5.93. The lowest BCUT2D eigenvalue weighted by Crippen LogP contribution is -1.81. The van der Waals surface area contributed by atoms with Gasteiger partial charge in [-0.3, -0.25) is 0 Å². The second kappa shape index (κ2) is 15.3. The molecule has 2 atom stereocenters. The van der Waals surface area contributed by atoms with E-state index in [4.69, 9.17) is 4.42 Å². The Morgan fingerprint density at radius 2 is 1.00 bits per heavy atom. The van der Waals surface area contributed by atoms with Gasteiger partial charge >= 0.3 is 0 Å². The molecule has 1 nitrogen and oxygen atoms in total. The van der Waals surface area contributed by atoms with E-state index in [1.54, 1.807) is 12.2 Å². The summed E-state index contributed by atoms with van der Waals surface area (Å²) in [6.45, 7) is 27.4. The van der Waals surface area contributed by atoms with E-state index in [9.17, 15) is 0 Å². The van der Waals surface area contributed by atoms with E-state index in [2.05, 4.69) is 40.2 Å². The minimum Gasteiger partial charge on any atom is -0.456 e. The third-order valence-electron chi connectivity index (χ3n) is 3.30. The normalized spacial score (nSPS) is 12.4. The summed E-state index contributed by atoms with van der Waals surface area (Å²) in [6.07, 6.45) is 15.4. The van der Waals surface area contributed by atoms with Gasteiger partial charge < -0.3 is 4.42 Å². The van der Waals surface area contributed by atoms with Gasteiger partial charge in [0.15, 0.2) is 0 Å². The fraction of sp³-hybridized carbons (Fsp3) is 0.333. The van der Waals surface area contributed by atoms with Crippen LogP contribution in [0.2, 0.25) is 0 Å². The third kappa shape index (κ3) is 8.39. The molecule has 2 unspecified atom stereocenters. The van der Waals surface area contributed by atoms with Gasteiger partial charge in [-0.2, -0.15) is 0 Å². The first kappa shape index (κ1) is 25.0. The summed E-state index contributed by atoms with van der Waals surface area (Å²) in [4.78, 5) is 0. The Morgan fingerprint density at radius 1 is 0.680 bits per heavy atom. The molecule has 1 aromatic heterocycles. The van der Waals surface area contributed by atoms with Crippen LogP contribution in [0.25, 0.3) is 24.3 Å². The van der Waals surface area contributed by atoms with Gasteiger partial charge in [0, 0.05) is 11.1 Å². The highest BCUT2D eigenvalue weighted by Crippen LogP contribution is 2.28. The fourth-order valence-corrected chi connectivity index (χ4v) is 1.80. The molecule has 0 saturated carbocycles. The average molecular weight is 341 g/mol.